The number of rotatable bonds is 4. The molecule has 1 N–H and O–H groups in total. The van der Waals surface area contributed by atoms with Crippen molar-refractivity contribution in [2.75, 3.05) is 26.4 Å². The van der Waals surface area contributed by atoms with Crippen LogP contribution in [0.1, 0.15) is 43.5 Å². The molecule has 2 unspecified atom stereocenters. The minimum absolute atomic E-state index is 0.0515. The zero-order valence-corrected chi connectivity index (χ0v) is 14.1. The van der Waals surface area contributed by atoms with E-state index in [1.54, 1.807) is 11.3 Å². The van der Waals surface area contributed by atoms with Crippen molar-refractivity contribution in [1.29, 1.82) is 0 Å². The average molecular weight is 330 g/mol. The van der Waals surface area contributed by atoms with E-state index in [1.807, 2.05) is 6.07 Å². The van der Waals surface area contributed by atoms with Gasteiger partial charge in [0.25, 0.3) is 0 Å². The summed E-state index contributed by atoms with van der Waals surface area (Å²) in [7, 11) is 0. The summed E-state index contributed by atoms with van der Waals surface area (Å²) in [6.45, 7) is 5.69. The third-order valence-electron chi connectivity index (χ3n) is 4.73. The molecule has 118 valence electrons. The Morgan fingerprint density at radius 2 is 2.19 bits per heavy atom. The van der Waals surface area contributed by atoms with Crippen LogP contribution in [0.2, 0.25) is 4.34 Å². The number of ether oxygens (including phenoxy) is 2. The van der Waals surface area contributed by atoms with Crippen molar-refractivity contribution in [1.82, 2.24) is 5.32 Å². The van der Waals surface area contributed by atoms with E-state index in [0.29, 0.717) is 12.0 Å². The van der Waals surface area contributed by atoms with Gasteiger partial charge in [0.15, 0.2) is 0 Å². The molecule has 2 atom stereocenters. The van der Waals surface area contributed by atoms with Gasteiger partial charge < -0.3 is 14.8 Å². The molecular formula is C16H24ClNO2S. The van der Waals surface area contributed by atoms with Gasteiger partial charge in [-0.2, -0.15) is 0 Å². The van der Waals surface area contributed by atoms with Gasteiger partial charge in [-0.15, -0.1) is 11.3 Å². The highest BCUT2D eigenvalue weighted by Gasteiger charge is 2.41. The third kappa shape index (κ3) is 3.62. The van der Waals surface area contributed by atoms with Crippen LogP contribution in [0.3, 0.4) is 0 Å². The molecule has 0 aromatic carbocycles. The number of hydrogen-bond donors (Lipinski definition) is 1. The number of hydrogen-bond acceptors (Lipinski definition) is 4. The van der Waals surface area contributed by atoms with Crippen molar-refractivity contribution in [2.24, 2.45) is 5.92 Å². The zero-order valence-electron chi connectivity index (χ0n) is 12.6. The lowest BCUT2D eigenvalue weighted by Crippen LogP contribution is -2.46. The Labute approximate surface area is 136 Å². The molecule has 0 aliphatic carbocycles. The second-order valence-electron chi connectivity index (χ2n) is 6.07. The Morgan fingerprint density at radius 1 is 1.38 bits per heavy atom. The van der Waals surface area contributed by atoms with Crippen molar-refractivity contribution in [3.05, 3.63) is 21.3 Å². The molecule has 0 amide bonds. The summed E-state index contributed by atoms with van der Waals surface area (Å²) in [4.78, 5) is 1.36. The molecular weight excluding hydrogens is 306 g/mol. The topological polar surface area (TPSA) is 30.5 Å². The van der Waals surface area contributed by atoms with Crippen LogP contribution in [0, 0.1) is 5.92 Å². The van der Waals surface area contributed by atoms with E-state index in [1.165, 1.54) is 4.88 Å². The Bertz CT molecular complexity index is 453. The highest BCUT2D eigenvalue weighted by Crippen LogP contribution is 2.43. The Morgan fingerprint density at radius 3 is 2.86 bits per heavy atom. The van der Waals surface area contributed by atoms with Crippen LogP contribution in [0.4, 0.5) is 0 Å². The lowest BCUT2D eigenvalue weighted by molar-refractivity contribution is -0.150. The molecule has 3 nitrogen and oxygen atoms in total. The first-order valence-electron chi connectivity index (χ1n) is 7.93. The second kappa shape index (κ2) is 6.97. The number of nitrogens with one attached hydrogen (secondary N) is 1. The molecule has 21 heavy (non-hydrogen) atoms. The molecule has 1 spiro atoms. The van der Waals surface area contributed by atoms with E-state index in [2.05, 4.69) is 18.3 Å². The molecule has 2 aliphatic rings. The van der Waals surface area contributed by atoms with Crippen LogP contribution in [0.15, 0.2) is 12.1 Å². The lowest BCUT2D eigenvalue weighted by atomic mass is 9.77. The molecule has 0 radical (unpaired) electrons. The van der Waals surface area contributed by atoms with E-state index in [4.69, 9.17) is 21.1 Å². The van der Waals surface area contributed by atoms with Crippen molar-refractivity contribution in [3.8, 4) is 0 Å². The van der Waals surface area contributed by atoms with Crippen molar-refractivity contribution < 1.29 is 9.47 Å². The van der Waals surface area contributed by atoms with Gasteiger partial charge in [0.2, 0.25) is 0 Å². The normalized spacial score (nSPS) is 26.9. The summed E-state index contributed by atoms with van der Waals surface area (Å²) in [6.07, 6.45) is 4.32. The number of thiophene rings is 1. The molecule has 0 bridgehead atoms. The Kier molecular flexibility index (Phi) is 5.23. The Hall–Kier alpha value is -0.130. The Balaban J connectivity index is 1.75. The third-order valence-corrected chi connectivity index (χ3v) is 6.05. The first-order valence-corrected chi connectivity index (χ1v) is 9.12. The largest absolute Gasteiger partial charge is 0.381 e. The smallest absolute Gasteiger partial charge is 0.0931 e. The fraction of sp³-hybridized carbons (Fsp3) is 0.750. The summed E-state index contributed by atoms with van der Waals surface area (Å²) in [6, 6.07) is 4.58. The second-order valence-corrected chi connectivity index (χ2v) is 7.82. The quantitative estimate of drug-likeness (QED) is 0.904. The van der Waals surface area contributed by atoms with Gasteiger partial charge >= 0.3 is 0 Å². The fourth-order valence-electron chi connectivity index (χ4n) is 3.66. The van der Waals surface area contributed by atoms with E-state index < -0.39 is 0 Å². The van der Waals surface area contributed by atoms with Gasteiger partial charge in [-0.1, -0.05) is 18.5 Å². The van der Waals surface area contributed by atoms with E-state index >= 15 is 0 Å². The van der Waals surface area contributed by atoms with Crippen molar-refractivity contribution >= 4 is 22.9 Å². The maximum absolute atomic E-state index is 6.18. The predicted octanol–water partition coefficient (Wildman–Crippen LogP) is 4.03. The molecule has 5 heteroatoms. The van der Waals surface area contributed by atoms with E-state index in [9.17, 15) is 0 Å². The van der Waals surface area contributed by atoms with Crippen molar-refractivity contribution in [2.45, 2.75) is 44.2 Å². The van der Waals surface area contributed by atoms with Crippen LogP contribution >= 0.6 is 22.9 Å². The SMILES string of the molecule is CCNC(c1ccc(Cl)s1)C1CCOC2(CCOCC2)C1. The van der Waals surface area contributed by atoms with Crippen LogP contribution in [-0.4, -0.2) is 32.0 Å². The highest BCUT2D eigenvalue weighted by molar-refractivity contribution is 7.16. The molecule has 3 rings (SSSR count). The van der Waals surface area contributed by atoms with Crippen LogP contribution in [0.5, 0.6) is 0 Å². The van der Waals surface area contributed by atoms with E-state index in [-0.39, 0.29) is 5.60 Å². The molecule has 2 saturated heterocycles. The van der Waals surface area contributed by atoms with E-state index in [0.717, 1.165) is 56.4 Å². The molecule has 3 heterocycles. The first kappa shape index (κ1) is 15.8. The molecule has 1 aromatic rings. The van der Waals surface area contributed by atoms with Gasteiger partial charge in [0, 0.05) is 30.7 Å². The summed E-state index contributed by atoms with van der Waals surface area (Å²) in [5, 5.41) is 3.67. The molecule has 1 aromatic heterocycles. The van der Waals surface area contributed by atoms with Gasteiger partial charge in [-0.05, 0) is 50.3 Å². The van der Waals surface area contributed by atoms with Gasteiger partial charge in [-0.25, -0.2) is 0 Å². The standard InChI is InChI=1S/C16H24ClNO2S/c1-2-18-15(13-3-4-14(17)21-13)12-5-8-20-16(11-12)6-9-19-10-7-16/h3-4,12,15,18H,2,5-11H2,1H3. The molecule has 2 fully saturated rings. The predicted molar refractivity (Wildman–Crippen MR) is 87.2 cm³/mol. The minimum Gasteiger partial charge on any atom is -0.381 e. The maximum Gasteiger partial charge on any atom is 0.0931 e. The monoisotopic (exact) mass is 329 g/mol. The average Bonchev–Trinajstić information content (AvgIpc) is 2.92. The molecule has 0 saturated carbocycles. The van der Waals surface area contributed by atoms with Gasteiger partial charge in [-0.3, -0.25) is 0 Å². The maximum atomic E-state index is 6.18. The lowest BCUT2D eigenvalue weighted by Gasteiger charge is -2.45. The van der Waals surface area contributed by atoms with Gasteiger partial charge in [0.1, 0.15) is 0 Å². The molecule has 2 aliphatic heterocycles. The van der Waals surface area contributed by atoms with Crippen LogP contribution in [0.25, 0.3) is 0 Å². The fourth-order valence-corrected chi connectivity index (χ4v) is 4.89. The number of halogens is 1. The summed E-state index contributed by atoms with van der Waals surface area (Å²) in [5.41, 5.74) is 0.0515. The van der Waals surface area contributed by atoms with Crippen LogP contribution < -0.4 is 5.32 Å². The van der Waals surface area contributed by atoms with Crippen LogP contribution in [-0.2, 0) is 9.47 Å². The first-order chi connectivity index (χ1) is 10.2. The highest BCUT2D eigenvalue weighted by atomic mass is 35.5. The summed E-state index contributed by atoms with van der Waals surface area (Å²) >= 11 is 7.84. The summed E-state index contributed by atoms with van der Waals surface area (Å²) < 4.78 is 12.6. The van der Waals surface area contributed by atoms with Gasteiger partial charge in [0.05, 0.1) is 9.94 Å². The summed E-state index contributed by atoms with van der Waals surface area (Å²) in [5.74, 6) is 0.617. The van der Waals surface area contributed by atoms with Crippen molar-refractivity contribution in [3.63, 3.8) is 0 Å². The zero-order chi connectivity index (χ0) is 14.7. The minimum atomic E-state index is 0.0515.